The molecule has 4 heteroatoms. The number of rotatable bonds is 2. The summed E-state index contributed by atoms with van der Waals surface area (Å²) in [6.45, 7) is 3.65. The van der Waals surface area contributed by atoms with Crippen LogP contribution in [0.2, 0.25) is 0 Å². The van der Waals surface area contributed by atoms with Crippen LogP contribution < -0.4 is 0 Å². The van der Waals surface area contributed by atoms with Gasteiger partial charge in [-0.05, 0) is 37.2 Å². The molecule has 1 saturated heterocycles. The molecule has 2 aliphatic rings. The molecule has 1 aliphatic heterocycles. The lowest BCUT2D eigenvalue weighted by Crippen LogP contribution is -2.32. The van der Waals surface area contributed by atoms with Crippen molar-refractivity contribution < 1.29 is 14.6 Å². The zero-order chi connectivity index (χ0) is 14.2. The third kappa shape index (κ3) is 2.80. The molecule has 108 valence electrons. The maximum absolute atomic E-state index is 12.1. The van der Waals surface area contributed by atoms with Crippen molar-refractivity contribution in [2.45, 2.75) is 32.0 Å². The summed E-state index contributed by atoms with van der Waals surface area (Å²) in [7, 11) is 0. The standard InChI is InChI=1S/C16H21NO3/c1-16(19)7-13-9-17(10-14(13)8-16)15(18)20-11-12-5-3-2-4-6-12/h2-6,13-14,19H,7-11H2,1H3/t13-,14+,16-. The first-order valence-corrected chi connectivity index (χ1v) is 7.21. The molecule has 1 N–H and O–H groups in total. The largest absolute Gasteiger partial charge is 0.445 e. The van der Waals surface area contributed by atoms with E-state index < -0.39 is 5.60 Å². The predicted molar refractivity (Wildman–Crippen MR) is 75.0 cm³/mol. The molecule has 3 rings (SSSR count). The molecule has 1 heterocycles. The third-order valence-electron chi connectivity index (χ3n) is 4.44. The van der Waals surface area contributed by atoms with Crippen LogP contribution in [0.1, 0.15) is 25.3 Å². The van der Waals surface area contributed by atoms with E-state index in [1.54, 1.807) is 4.90 Å². The quantitative estimate of drug-likeness (QED) is 0.901. The molecular weight excluding hydrogens is 254 g/mol. The summed E-state index contributed by atoms with van der Waals surface area (Å²) in [6.07, 6.45) is 1.35. The van der Waals surface area contributed by atoms with Crippen molar-refractivity contribution in [1.29, 1.82) is 0 Å². The minimum absolute atomic E-state index is 0.233. The van der Waals surface area contributed by atoms with Crippen LogP contribution in [0.15, 0.2) is 30.3 Å². The van der Waals surface area contributed by atoms with Crippen molar-refractivity contribution in [3.05, 3.63) is 35.9 Å². The Bertz CT molecular complexity index is 470. The molecular formula is C16H21NO3. The van der Waals surface area contributed by atoms with Gasteiger partial charge >= 0.3 is 6.09 Å². The Balaban J connectivity index is 1.51. The van der Waals surface area contributed by atoms with E-state index in [-0.39, 0.29) is 6.09 Å². The maximum atomic E-state index is 12.1. The van der Waals surface area contributed by atoms with E-state index in [1.165, 1.54) is 0 Å². The highest BCUT2D eigenvalue weighted by Crippen LogP contribution is 2.43. The molecule has 1 saturated carbocycles. The number of carbonyl (C=O) groups excluding carboxylic acids is 1. The van der Waals surface area contributed by atoms with Gasteiger partial charge in [-0.15, -0.1) is 0 Å². The summed E-state index contributed by atoms with van der Waals surface area (Å²) in [5.41, 5.74) is 0.457. The summed E-state index contributed by atoms with van der Waals surface area (Å²) in [5, 5.41) is 10.0. The van der Waals surface area contributed by atoms with Gasteiger partial charge in [0.25, 0.3) is 0 Å². The van der Waals surface area contributed by atoms with E-state index >= 15 is 0 Å². The second-order valence-electron chi connectivity index (χ2n) is 6.37. The lowest BCUT2D eigenvalue weighted by Gasteiger charge is -2.21. The number of nitrogens with zero attached hydrogens (tertiary/aromatic N) is 1. The average Bonchev–Trinajstić information content (AvgIpc) is 2.90. The van der Waals surface area contributed by atoms with E-state index in [2.05, 4.69) is 0 Å². The minimum atomic E-state index is -0.546. The fourth-order valence-electron chi connectivity index (χ4n) is 3.57. The number of fused-ring (bicyclic) bond motifs is 1. The van der Waals surface area contributed by atoms with Gasteiger partial charge in [0.05, 0.1) is 5.60 Å². The number of benzene rings is 1. The minimum Gasteiger partial charge on any atom is -0.445 e. The monoisotopic (exact) mass is 275 g/mol. The van der Waals surface area contributed by atoms with Gasteiger partial charge in [-0.25, -0.2) is 4.79 Å². The van der Waals surface area contributed by atoms with E-state index in [1.807, 2.05) is 37.3 Å². The molecule has 0 bridgehead atoms. The Hall–Kier alpha value is -1.55. The molecule has 4 nitrogen and oxygen atoms in total. The molecule has 0 spiro atoms. The summed E-state index contributed by atoms with van der Waals surface area (Å²) in [6, 6.07) is 9.71. The molecule has 3 atom stereocenters. The van der Waals surface area contributed by atoms with Gasteiger partial charge in [-0.2, -0.15) is 0 Å². The fourth-order valence-corrected chi connectivity index (χ4v) is 3.57. The second kappa shape index (κ2) is 5.09. The molecule has 1 aliphatic carbocycles. The van der Waals surface area contributed by atoms with Gasteiger partial charge in [0, 0.05) is 13.1 Å². The van der Waals surface area contributed by atoms with Crippen LogP contribution >= 0.6 is 0 Å². The predicted octanol–water partition coefficient (Wildman–Crippen LogP) is 2.42. The summed E-state index contributed by atoms with van der Waals surface area (Å²) in [4.78, 5) is 13.8. The second-order valence-corrected chi connectivity index (χ2v) is 6.37. The normalized spacial score (nSPS) is 32.2. The van der Waals surface area contributed by atoms with Crippen molar-refractivity contribution in [2.75, 3.05) is 13.1 Å². The van der Waals surface area contributed by atoms with Crippen molar-refractivity contribution in [1.82, 2.24) is 4.90 Å². The molecule has 20 heavy (non-hydrogen) atoms. The van der Waals surface area contributed by atoms with Gasteiger partial charge in [-0.1, -0.05) is 30.3 Å². The van der Waals surface area contributed by atoms with E-state index in [4.69, 9.17) is 4.74 Å². The van der Waals surface area contributed by atoms with Gasteiger partial charge < -0.3 is 14.7 Å². The SMILES string of the molecule is C[C@]1(O)C[C@H]2CN(C(=O)OCc3ccccc3)C[C@H]2C1. The third-order valence-corrected chi connectivity index (χ3v) is 4.44. The number of aliphatic hydroxyl groups is 1. The highest BCUT2D eigenvalue weighted by Gasteiger charge is 2.47. The molecule has 1 amide bonds. The lowest BCUT2D eigenvalue weighted by atomic mass is 10.0. The molecule has 0 radical (unpaired) electrons. The van der Waals surface area contributed by atoms with Crippen molar-refractivity contribution in [2.24, 2.45) is 11.8 Å². The van der Waals surface area contributed by atoms with Crippen molar-refractivity contribution in [3.8, 4) is 0 Å². The fraction of sp³-hybridized carbons (Fsp3) is 0.562. The van der Waals surface area contributed by atoms with Gasteiger partial charge in [-0.3, -0.25) is 0 Å². The molecule has 0 unspecified atom stereocenters. The number of hydrogen-bond donors (Lipinski definition) is 1. The zero-order valence-electron chi connectivity index (χ0n) is 11.8. The molecule has 1 aromatic carbocycles. The number of likely N-dealkylation sites (tertiary alicyclic amines) is 1. The Morgan fingerprint density at radius 1 is 1.30 bits per heavy atom. The first-order valence-electron chi connectivity index (χ1n) is 7.21. The highest BCUT2D eigenvalue weighted by atomic mass is 16.6. The number of amides is 1. The van der Waals surface area contributed by atoms with Crippen LogP contribution in [0.4, 0.5) is 4.79 Å². The topological polar surface area (TPSA) is 49.8 Å². The smallest absolute Gasteiger partial charge is 0.410 e. The van der Waals surface area contributed by atoms with Crippen molar-refractivity contribution in [3.63, 3.8) is 0 Å². The van der Waals surface area contributed by atoms with E-state index in [0.717, 1.165) is 18.4 Å². The average molecular weight is 275 g/mol. The van der Waals surface area contributed by atoms with Crippen LogP contribution in [0.25, 0.3) is 0 Å². The highest BCUT2D eigenvalue weighted by molar-refractivity contribution is 5.68. The molecule has 0 aromatic heterocycles. The Kier molecular flexibility index (Phi) is 3.42. The zero-order valence-corrected chi connectivity index (χ0v) is 11.8. The Labute approximate surface area is 119 Å². The Morgan fingerprint density at radius 3 is 2.50 bits per heavy atom. The first kappa shape index (κ1) is 13.4. The first-order chi connectivity index (χ1) is 9.53. The van der Waals surface area contributed by atoms with Crippen LogP contribution in [0, 0.1) is 11.8 Å². The van der Waals surface area contributed by atoms with E-state index in [9.17, 15) is 9.90 Å². The van der Waals surface area contributed by atoms with Crippen LogP contribution in [0.5, 0.6) is 0 Å². The summed E-state index contributed by atoms with van der Waals surface area (Å²) < 4.78 is 5.35. The number of ether oxygens (including phenoxy) is 1. The van der Waals surface area contributed by atoms with Gasteiger partial charge in [0.1, 0.15) is 6.61 Å². The van der Waals surface area contributed by atoms with E-state index in [0.29, 0.717) is 31.5 Å². The Morgan fingerprint density at radius 2 is 1.90 bits per heavy atom. The summed E-state index contributed by atoms with van der Waals surface area (Å²) in [5.74, 6) is 0.851. The van der Waals surface area contributed by atoms with Crippen LogP contribution in [-0.4, -0.2) is 34.8 Å². The maximum Gasteiger partial charge on any atom is 0.410 e. The molecule has 1 aromatic rings. The number of carbonyl (C=O) groups is 1. The summed E-state index contributed by atoms with van der Waals surface area (Å²) >= 11 is 0. The van der Waals surface area contributed by atoms with Crippen LogP contribution in [-0.2, 0) is 11.3 Å². The number of hydrogen-bond acceptors (Lipinski definition) is 3. The van der Waals surface area contributed by atoms with Crippen molar-refractivity contribution >= 4 is 6.09 Å². The lowest BCUT2D eigenvalue weighted by molar-refractivity contribution is 0.0510. The molecule has 2 fully saturated rings. The van der Waals surface area contributed by atoms with Gasteiger partial charge in [0.2, 0.25) is 0 Å². The van der Waals surface area contributed by atoms with Gasteiger partial charge in [0.15, 0.2) is 0 Å². The van der Waals surface area contributed by atoms with Crippen LogP contribution in [0.3, 0.4) is 0 Å².